The number of hydroxylamine groups is 1. The van der Waals surface area contributed by atoms with Crippen LogP contribution in [0.1, 0.15) is 17.3 Å². The average Bonchev–Trinajstić information content (AvgIpc) is 2.65. The molecule has 26 heavy (non-hydrogen) atoms. The van der Waals surface area contributed by atoms with Crippen LogP contribution in [0.2, 0.25) is 0 Å². The highest BCUT2D eigenvalue weighted by atomic mass is 19.3. The minimum atomic E-state index is -3.33. The summed E-state index contributed by atoms with van der Waals surface area (Å²) >= 11 is 0. The van der Waals surface area contributed by atoms with Crippen molar-refractivity contribution in [2.75, 3.05) is 0 Å². The maximum absolute atomic E-state index is 13.0. The maximum atomic E-state index is 13.0. The first kappa shape index (κ1) is 19.5. The lowest BCUT2D eigenvalue weighted by molar-refractivity contribution is -0.149. The minimum Gasteiger partial charge on any atom is -0.381 e. The summed E-state index contributed by atoms with van der Waals surface area (Å²) in [6.45, 7) is 0.691. The predicted octanol–water partition coefficient (Wildman–Crippen LogP) is 1.97. The molecule has 2 unspecified atom stereocenters. The van der Waals surface area contributed by atoms with E-state index in [1.165, 1.54) is 17.6 Å². The van der Waals surface area contributed by atoms with Crippen molar-refractivity contribution in [3.63, 3.8) is 0 Å². The standard InChI is InChI=1S/C18H18F2N2O4/c1-18(25,17(19)20)14(16(24)22-26)21-15(23)13-9-7-12(8-10-13)11-5-3-2-4-6-11/h2-10,14,17,25-26H,1H3,(H,21,23)(H,22,24). The second-order valence-electron chi connectivity index (χ2n) is 5.85. The molecule has 2 atom stereocenters. The number of aliphatic hydroxyl groups is 1. The Morgan fingerprint density at radius 2 is 1.54 bits per heavy atom. The van der Waals surface area contributed by atoms with E-state index in [1.54, 1.807) is 12.1 Å². The third-order valence-electron chi connectivity index (χ3n) is 3.93. The van der Waals surface area contributed by atoms with Crippen molar-refractivity contribution < 1.29 is 28.7 Å². The fourth-order valence-corrected chi connectivity index (χ4v) is 2.33. The van der Waals surface area contributed by atoms with Crippen LogP contribution in [0.5, 0.6) is 0 Å². The van der Waals surface area contributed by atoms with E-state index in [4.69, 9.17) is 5.21 Å². The zero-order chi connectivity index (χ0) is 19.3. The van der Waals surface area contributed by atoms with Crippen molar-refractivity contribution in [1.82, 2.24) is 10.8 Å². The molecule has 0 fully saturated rings. The first-order valence-electron chi connectivity index (χ1n) is 7.68. The average molecular weight is 364 g/mol. The summed E-state index contributed by atoms with van der Waals surface area (Å²) in [5.74, 6) is -2.20. The van der Waals surface area contributed by atoms with Crippen LogP contribution in [0.3, 0.4) is 0 Å². The Hall–Kier alpha value is -2.84. The molecule has 4 N–H and O–H groups in total. The largest absolute Gasteiger partial charge is 0.381 e. The van der Waals surface area contributed by atoms with Gasteiger partial charge in [-0.25, -0.2) is 14.3 Å². The van der Waals surface area contributed by atoms with E-state index in [2.05, 4.69) is 0 Å². The van der Waals surface area contributed by atoms with Gasteiger partial charge in [-0.15, -0.1) is 0 Å². The van der Waals surface area contributed by atoms with Crippen LogP contribution >= 0.6 is 0 Å². The van der Waals surface area contributed by atoms with Crippen molar-refractivity contribution >= 4 is 11.8 Å². The Labute approximate surface area is 148 Å². The van der Waals surface area contributed by atoms with Crippen molar-refractivity contribution in [2.24, 2.45) is 0 Å². The molecule has 0 heterocycles. The molecule has 2 rings (SSSR count). The quantitative estimate of drug-likeness (QED) is 0.465. The monoisotopic (exact) mass is 364 g/mol. The van der Waals surface area contributed by atoms with Gasteiger partial charge in [0.2, 0.25) is 0 Å². The SMILES string of the molecule is CC(O)(C(F)F)C(NC(=O)c1ccc(-c2ccccc2)cc1)C(=O)NO. The van der Waals surface area contributed by atoms with E-state index in [-0.39, 0.29) is 5.56 Å². The van der Waals surface area contributed by atoms with Gasteiger partial charge in [0, 0.05) is 5.56 Å². The van der Waals surface area contributed by atoms with Crippen LogP contribution in [0.25, 0.3) is 11.1 Å². The van der Waals surface area contributed by atoms with Crippen LogP contribution < -0.4 is 10.8 Å². The molecule has 0 saturated carbocycles. The Kier molecular flexibility index (Phi) is 6.01. The first-order chi connectivity index (χ1) is 12.3. The molecule has 2 amide bonds. The van der Waals surface area contributed by atoms with Crippen molar-refractivity contribution in [1.29, 1.82) is 0 Å². The Bertz CT molecular complexity index is 765. The van der Waals surface area contributed by atoms with Crippen LogP contribution in [0.4, 0.5) is 8.78 Å². The fourth-order valence-electron chi connectivity index (χ4n) is 2.33. The van der Waals surface area contributed by atoms with Gasteiger partial charge in [0.1, 0.15) is 6.04 Å². The van der Waals surface area contributed by atoms with Gasteiger partial charge in [-0.1, -0.05) is 42.5 Å². The molecule has 0 aliphatic carbocycles. The molecule has 6 nitrogen and oxygen atoms in total. The van der Waals surface area contributed by atoms with Gasteiger partial charge >= 0.3 is 0 Å². The molecule has 0 bridgehead atoms. The normalized spacial score (nSPS) is 14.4. The number of carbonyl (C=O) groups excluding carboxylic acids is 2. The number of nitrogens with one attached hydrogen (secondary N) is 2. The van der Waals surface area contributed by atoms with Crippen LogP contribution in [0, 0.1) is 0 Å². The van der Waals surface area contributed by atoms with Crippen LogP contribution in [-0.2, 0) is 4.79 Å². The van der Waals surface area contributed by atoms with Crippen molar-refractivity contribution in [2.45, 2.75) is 25.0 Å². The highest BCUT2D eigenvalue weighted by Crippen LogP contribution is 2.22. The third-order valence-corrected chi connectivity index (χ3v) is 3.93. The summed E-state index contributed by atoms with van der Waals surface area (Å²) < 4.78 is 26.0. The molecule has 0 aliphatic rings. The van der Waals surface area contributed by atoms with Gasteiger partial charge in [0.25, 0.3) is 18.2 Å². The number of amides is 2. The number of carbonyl (C=O) groups is 2. The van der Waals surface area contributed by atoms with E-state index < -0.39 is 29.9 Å². The number of halogens is 2. The number of hydrogen-bond donors (Lipinski definition) is 4. The fraction of sp³-hybridized carbons (Fsp3) is 0.222. The number of rotatable bonds is 6. The van der Waals surface area contributed by atoms with Crippen molar-refractivity contribution in [3.05, 3.63) is 60.2 Å². The van der Waals surface area contributed by atoms with Crippen molar-refractivity contribution in [3.8, 4) is 11.1 Å². The Morgan fingerprint density at radius 3 is 2.04 bits per heavy atom. The second-order valence-corrected chi connectivity index (χ2v) is 5.85. The van der Waals surface area contributed by atoms with Gasteiger partial charge in [0.05, 0.1) is 0 Å². The Balaban J connectivity index is 2.20. The van der Waals surface area contributed by atoms with E-state index in [0.717, 1.165) is 11.1 Å². The molecular formula is C18H18F2N2O4. The first-order valence-corrected chi connectivity index (χ1v) is 7.68. The molecule has 0 aliphatic heterocycles. The molecule has 0 radical (unpaired) electrons. The lowest BCUT2D eigenvalue weighted by Crippen LogP contribution is -2.61. The highest BCUT2D eigenvalue weighted by Gasteiger charge is 2.46. The summed E-state index contributed by atoms with van der Waals surface area (Å²) in [6.07, 6.45) is -3.33. The Morgan fingerprint density at radius 1 is 1.00 bits per heavy atom. The third kappa shape index (κ3) is 4.22. The minimum absolute atomic E-state index is 0.102. The molecule has 2 aromatic rings. The van der Waals surface area contributed by atoms with Crippen LogP contribution in [0.15, 0.2) is 54.6 Å². The second kappa shape index (κ2) is 8.03. The summed E-state index contributed by atoms with van der Waals surface area (Å²) in [6, 6.07) is 13.6. The summed E-state index contributed by atoms with van der Waals surface area (Å²) in [7, 11) is 0. The lowest BCUT2D eigenvalue weighted by atomic mass is 9.95. The molecule has 2 aromatic carbocycles. The number of alkyl halides is 2. The molecule has 0 spiro atoms. The molecule has 0 saturated heterocycles. The lowest BCUT2D eigenvalue weighted by Gasteiger charge is -2.30. The van der Waals surface area contributed by atoms with E-state index in [9.17, 15) is 23.5 Å². The molecular weight excluding hydrogens is 346 g/mol. The van der Waals surface area contributed by atoms with Gasteiger partial charge in [0.15, 0.2) is 5.60 Å². The maximum Gasteiger partial charge on any atom is 0.269 e. The van der Waals surface area contributed by atoms with Gasteiger partial charge in [-0.3, -0.25) is 14.8 Å². The van der Waals surface area contributed by atoms with Gasteiger partial charge in [-0.05, 0) is 30.2 Å². The predicted molar refractivity (Wildman–Crippen MR) is 89.7 cm³/mol. The van der Waals surface area contributed by atoms with E-state index >= 15 is 0 Å². The molecule has 8 heteroatoms. The van der Waals surface area contributed by atoms with Gasteiger partial charge < -0.3 is 10.4 Å². The zero-order valence-corrected chi connectivity index (χ0v) is 13.8. The number of benzene rings is 2. The smallest absolute Gasteiger partial charge is 0.269 e. The van der Waals surface area contributed by atoms with Crippen LogP contribution in [-0.4, -0.2) is 40.2 Å². The van der Waals surface area contributed by atoms with E-state index in [0.29, 0.717) is 6.92 Å². The molecule has 0 aromatic heterocycles. The molecule has 138 valence electrons. The number of hydrogen-bond acceptors (Lipinski definition) is 4. The summed E-state index contributed by atoms with van der Waals surface area (Å²) in [4.78, 5) is 23.9. The van der Waals surface area contributed by atoms with E-state index in [1.807, 2.05) is 35.6 Å². The summed E-state index contributed by atoms with van der Waals surface area (Å²) in [5.41, 5.74) is 0.168. The zero-order valence-electron chi connectivity index (χ0n) is 13.8. The summed E-state index contributed by atoms with van der Waals surface area (Å²) in [5, 5.41) is 20.5. The highest BCUT2D eigenvalue weighted by molar-refractivity contribution is 5.98. The van der Waals surface area contributed by atoms with Gasteiger partial charge in [-0.2, -0.15) is 0 Å². The topological polar surface area (TPSA) is 98.7 Å².